The summed E-state index contributed by atoms with van der Waals surface area (Å²) in [5.41, 5.74) is 1.19. The van der Waals surface area contributed by atoms with Crippen LogP contribution in [0.5, 0.6) is 5.75 Å². The fourth-order valence-corrected chi connectivity index (χ4v) is 2.37. The molecule has 3 rings (SSSR count). The van der Waals surface area contributed by atoms with Crippen molar-refractivity contribution in [3.05, 3.63) is 45.8 Å². The highest BCUT2D eigenvalue weighted by molar-refractivity contribution is 14.1. The van der Waals surface area contributed by atoms with E-state index in [1.165, 1.54) is 12.1 Å². The van der Waals surface area contributed by atoms with E-state index in [4.69, 9.17) is 4.52 Å². The molecule has 0 aliphatic carbocycles. The molecule has 1 heterocycles. The summed E-state index contributed by atoms with van der Waals surface area (Å²) in [6, 6.07) is 9.38. The van der Waals surface area contributed by atoms with E-state index in [1.54, 1.807) is 24.3 Å². The van der Waals surface area contributed by atoms with Gasteiger partial charge in [-0.05, 0) is 46.9 Å². The highest BCUT2D eigenvalue weighted by Crippen LogP contribution is 2.35. The maximum absolute atomic E-state index is 13.7. The molecule has 0 spiro atoms. The molecule has 0 saturated carbocycles. The smallest absolute Gasteiger partial charge is 0.195 e. The molecule has 0 unspecified atom stereocenters. The van der Waals surface area contributed by atoms with Crippen molar-refractivity contribution >= 4 is 33.6 Å². The summed E-state index contributed by atoms with van der Waals surface area (Å²) in [4.78, 5) is 0. The van der Waals surface area contributed by atoms with Gasteiger partial charge < -0.3 is 4.52 Å². The Bertz CT molecular complexity index is 739. The molecule has 0 N–H and O–H groups in total. The number of nitrogens with zero attached hydrogens (tertiary/aromatic N) is 1. The predicted molar refractivity (Wildman–Crippen MR) is 72.3 cm³/mol. The van der Waals surface area contributed by atoms with Crippen LogP contribution in [0.2, 0.25) is 0 Å². The Labute approximate surface area is 115 Å². The molecule has 1 aromatic heterocycles. The number of hydrogen-bond acceptors (Lipinski definition) is 2. The van der Waals surface area contributed by atoms with Crippen molar-refractivity contribution in [2.24, 2.45) is 0 Å². The zero-order chi connectivity index (χ0) is 12.7. The van der Waals surface area contributed by atoms with Gasteiger partial charge in [0.1, 0.15) is 15.1 Å². The minimum Gasteiger partial charge on any atom is -0.354 e. The average molecular weight is 354 g/mol. The van der Waals surface area contributed by atoms with Crippen LogP contribution in [-0.4, -0.2) is 5.16 Å². The van der Waals surface area contributed by atoms with E-state index in [0.29, 0.717) is 25.8 Å². The van der Waals surface area contributed by atoms with Crippen LogP contribution >= 0.6 is 22.6 Å². The molecule has 89 valence electrons. The summed E-state index contributed by atoms with van der Waals surface area (Å²) in [5.74, 6) is -0.492. The Morgan fingerprint density at radius 1 is 1.17 bits per heavy atom. The first kappa shape index (κ1) is 11.5. The van der Waals surface area contributed by atoms with Crippen molar-refractivity contribution in [3.63, 3.8) is 0 Å². The third-order valence-corrected chi connectivity index (χ3v) is 3.70. The van der Waals surface area contributed by atoms with Crippen LogP contribution < -0.4 is 0 Å². The van der Waals surface area contributed by atoms with Crippen LogP contribution in [0, 0.1) is 9.39 Å². The van der Waals surface area contributed by atoms with Gasteiger partial charge in [0.15, 0.2) is 11.3 Å². The first-order chi connectivity index (χ1) is 8.68. The maximum atomic E-state index is 13.7. The van der Waals surface area contributed by atoms with E-state index in [0.717, 1.165) is 0 Å². The van der Waals surface area contributed by atoms with Crippen LogP contribution in [0.4, 0.5) is 4.39 Å². The van der Waals surface area contributed by atoms with Crippen molar-refractivity contribution in [1.82, 2.24) is 5.16 Å². The first-order valence-electron chi connectivity index (χ1n) is 5.18. The summed E-state index contributed by atoms with van der Waals surface area (Å²) < 4.78 is 19.3. The van der Waals surface area contributed by atoms with Crippen molar-refractivity contribution < 1.29 is 14.0 Å². The largest absolute Gasteiger partial charge is 0.354 e. The van der Waals surface area contributed by atoms with Crippen LogP contribution in [0.15, 0.2) is 40.9 Å². The summed E-state index contributed by atoms with van der Waals surface area (Å²) in [7, 11) is 0. The van der Waals surface area contributed by atoms with Gasteiger partial charge in [-0.15, -0.1) is 0 Å². The monoisotopic (exact) mass is 354 g/mol. The van der Waals surface area contributed by atoms with Crippen molar-refractivity contribution in [2.75, 3.05) is 0 Å². The molecule has 0 amide bonds. The maximum Gasteiger partial charge on any atom is 0.195 e. The number of halogens is 2. The number of rotatable bonds is 1. The molecule has 3 nitrogen and oxygen atoms in total. The normalized spacial score (nSPS) is 11.0. The number of fused-ring (bicyclic) bond motifs is 1. The Morgan fingerprint density at radius 2 is 1.94 bits per heavy atom. The van der Waals surface area contributed by atoms with Gasteiger partial charge in [0.25, 0.3) is 0 Å². The Hall–Kier alpha value is -1.63. The number of aromatic nitrogens is 1. The van der Waals surface area contributed by atoms with Crippen LogP contribution in [-0.2, 0) is 5.11 Å². The van der Waals surface area contributed by atoms with Gasteiger partial charge in [-0.25, -0.2) is 4.39 Å². The third-order valence-electron chi connectivity index (χ3n) is 2.67. The van der Waals surface area contributed by atoms with Gasteiger partial charge in [0, 0.05) is 5.56 Å². The quantitative estimate of drug-likeness (QED) is 0.609. The lowest BCUT2D eigenvalue weighted by atomic mass is 10.1. The molecule has 1 radical (unpaired) electrons. The molecule has 0 fully saturated rings. The molecular weight excluding hydrogens is 348 g/mol. The van der Waals surface area contributed by atoms with E-state index in [9.17, 15) is 9.50 Å². The zero-order valence-corrected chi connectivity index (χ0v) is 11.1. The van der Waals surface area contributed by atoms with Crippen LogP contribution in [0.1, 0.15) is 0 Å². The van der Waals surface area contributed by atoms with Crippen molar-refractivity contribution in [1.29, 1.82) is 0 Å². The third kappa shape index (κ3) is 1.66. The predicted octanol–water partition coefficient (Wildman–Crippen LogP) is 4.38. The molecular formula is C13H6FINO2. The van der Waals surface area contributed by atoms with Crippen LogP contribution in [0.25, 0.3) is 22.2 Å². The minimum atomic E-state index is -0.367. The second-order valence-corrected chi connectivity index (χ2v) is 4.84. The standard InChI is InChI=1S/C13H6FINO2/c14-9-4-2-1-3-7(9)12-8-5-6-10(17)11(15)13(8)18-16-12/h1-6H. The molecule has 0 atom stereocenters. The van der Waals surface area contributed by atoms with E-state index in [2.05, 4.69) is 5.16 Å². The highest BCUT2D eigenvalue weighted by atomic mass is 127. The van der Waals surface area contributed by atoms with Gasteiger partial charge in [-0.2, -0.15) is 0 Å². The molecule has 0 aliphatic heterocycles. The number of benzene rings is 2. The zero-order valence-electron chi connectivity index (χ0n) is 8.98. The average Bonchev–Trinajstić information content (AvgIpc) is 2.79. The highest BCUT2D eigenvalue weighted by Gasteiger charge is 2.17. The lowest BCUT2D eigenvalue weighted by molar-refractivity contribution is 0.350. The van der Waals surface area contributed by atoms with Gasteiger partial charge in [0.2, 0.25) is 0 Å². The summed E-state index contributed by atoms with van der Waals surface area (Å²) in [6.45, 7) is 0. The lowest BCUT2D eigenvalue weighted by Crippen LogP contribution is -1.84. The fraction of sp³-hybridized carbons (Fsp3) is 0. The topological polar surface area (TPSA) is 45.9 Å². The molecule has 2 aromatic carbocycles. The number of hydrogen-bond donors (Lipinski definition) is 0. The molecule has 0 bridgehead atoms. The Kier molecular flexibility index (Phi) is 2.70. The van der Waals surface area contributed by atoms with Gasteiger partial charge in [-0.3, -0.25) is 5.11 Å². The van der Waals surface area contributed by atoms with E-state index in [-0.39, 0.29) is 11.6 Å². The summed E-state index contributed by atoms with van der Waals surface area (Å²) >= 11 is 1.90. The molecule has 0 aliphatic rings. The second-order valence-electron chi connectivity index (χ2n) is 3.77. The fourth-order valence-electron chi connectivity index (χ4n) is 1.80. The minimum absolute atomic E-state index is 0.126. The van der Waals surface area contributed by atoms with Gasteiger partial charge >= 0.3 is 0 Å². The Balaban J connectivity index is 2.32. The summed E-state index contributed by atoms with van der Waals surface area (Å²) in [5, 5.41) is 16.0. The van der Waals surface area contributed by atoms with Gasteiger partial charge in [0.05, 0.1) is 5.39 Å². The molecule has 0 saturated heterocycles. The molecule has 3 aromatic rings. The SMILES string of the molecule is [O]c1ccc2c(-c3ccccc3F)noc2c1I. The lowest BCUT2D eigenvalue weighted by Gasteiger charge is -1.98. The van der Waals surface area contributed by atoms with Crippen molar-refractivity contribution in [3.8, 4) is 17.0 Å². The Morgan fingerprint density at radius 3 is 2.72 bits per heavy atom. The van der Waals surface area contributed by atoms with Crippen molar-refractivity contribution in [2.45, 2.75) is 0 Å². The summed E-state index contributed by atoms with van der Waals surface area (Å²) in [6.07, 6.45) is 0. The van der Waals surface area contributed by atoms with E-state index in [1.807, 2.05) is 22.6 Å². The molecule has 18 heavy (non-hydrogen) atoms. The van der Waals surface area contributed by atoms with E-state index >= 15 is 0 Å². The van der Waals surface area contributed by atoms with Gasteiger partial charge in [-0.1, -0.05) is 17.3 Å². The second kappa shape index (κ2) is 4.24. The molecule has 5 heteroatoms. The van der Waals surface area contributed by atoms with Crippen LogP contribution in [0.3, 0.4) is 0 Å². The van der Waals surface area contributed by atoms with E-state index < -0.39 is 0 Å². The first-order valence-corrected chi connectivity index (χ1v) is 6.26.